The highest BCUT2D eigenvalue weighted by Crippen LogP contribution is 2.90. The molecular formula is C67H12N2. The minimum Gasteiger partial charge on any atom is -0.370 e. The summed E-state index contributed by atoms with van der Waals surface area (Å²) in [6.45, 7) is 2.21. The van der Waals surface area contributed by atoms with Crippen LogP contribution in [0.25, 0.3) is 248 Å². The fourth-order valence-electron chi connectivity index (χ4n) is 26.9. The SMILES string of the molecule is c1cc(N2CC34c5c6c7c8c9c%10c%11c%12c%13c%14c%15c(c%16c%17c%18c%19c%20c(c5c5c%21c6c8c6c%10c8c%10c%11c%11c%13c%13c%14c%16c%18c%14c%13c%13c%11c%10c%10c%11c8c6c%21c6c5c%20c5c%19c%14c%13c%10c5c6%11)C%173)C4(C2)C7C%15C9%12)ccn1. The van der Waals surface area contributed by atoms with Crippen molar-refractivity contribution in [3.63, 3.8) is 0 Å². The molecule has 1 saturated heterocycles. The normalized spacial score (nSPS) is 28.0. The third-order valence-electron chi connectivity index (χ3n) is 26.7. The lowest BCUT2D eigenvalue weighted by Crippen LogP contribution is -2.57. The van der Waals surface area contributed by atoms with E-state index in [9.17, 15) is 0 Å². The summed E-state index contributed by atoms with van der Waals surface area (Å²) in [4.78, 5) is 7.65. The number of nitrogens with zero attached hydrogens (tertiary/aromatic N) is 2. The fourth-order valence-corrected chi connectivity index (χ4v) is 26.9. The highest BCUT2D eigenvalue weighted by molar-refractivity contribution is 6.78. The molecule has 69 heavy (non-hydrogen) atoms. The Morgan fingerprint density at radius 2 is 0.623 bits per heavy atom. The highest BCUT2D eigenvalue weighted by Gasteiger charge is 2.80. The Morgan fingerprint density at radius 1 is 0.304 bits per heavy atom. The monoisotopic (exact) mass is 844 g/mol. The van der Waals surface area contributed by atoms with Crippen LogP contribution in [0.4, 0.5) is 5.69 Å². The minimum atomic E-state index is -0.0661. The molecule has 8 aliphatic carbocycles. The van der Waals surface area contributed by atoms with E-state index in [1.165, 1.54) is 5.69 Å². The molecule has 34 rings (SSSR count). The Balaban J connectivity index is 1.14. The number of hydrogen-bond donors (Lipinski definition) is 0. The molecule has 2 nitrogen and oxygen atoms in total. The highest BCUT2D eigenvalue weighted by atomic mass is 15.2. The van der Waals surface area contributed by atoms with Gasteiger partial charge in [0, 0.05) is 65.7 Å². The van der Waals surface area contributed by atoms with Crippen LogP contribution in [0.15, 0.2) is 24.5 Å². The van der Waals surface area contributed by atoms with Crippen molar-refractivity contribution in [1.29, 1.82) is 0 Å². The number of hydrogen-bond acceptors (Lipinski definition) is 2. The zero-order valence-corrected chi connectivity index (χ0v) is 35.4. The van der Waals surface area contributed by atoms with Crippen LogP contribution in [0.2, 0.25) is 0 Å². The minimum absolute atomic E-state index is 0.0424. The summed E-state index contributed by atoms with van der Waals surface area (Å²) in [7, 11) is 0. The van der Waals surface area contributed by atoms with Crippen molar-refractivity contribution in [2.75, 3.05) is 18.0 Å². The first-order valence-electron chi connectivity index (χ1n) is 26.3. The first-order chi connectivity index (χ1) is 34.4. The molecule has 1 aliphatic heterocycles. The summed E-state index contributed by atoms with van der Waals surface area (Å²) in [6.07, 6.45) is 4.18. The summed E-state index contributed by atoms with van der Waals surface area (Å²) < 4.78 is 0. The van der Waals surface area contributed by atoms with E-state index in [1.807, 2.05) is 44.5 Å². The summed E-state index contributed by atoms with van der Waals surface area (Å²) in [5.74, 6) is 1.72. The molecule has 9 aliphatic rings. The van der Waals surface area contributed by atoms with Crippen molar-refractivity contribution in [3.8, 4) is 0 Å². The van der Waals surface area contributed by atoms with Gasteiger partial charge in [0.1, 0.15) is 0 Å². The number of rotatable bonds is 1. The van der Waals surface area contributed by atoms with Gasteiger partial charge >= 0.3 is 0 Å². The van der Waals surface area contributed by atoms with Gasteiger partial charge in [-0.05, 0) is 304 Å². The van der Waals surface area contributed by atoms with Gasteiger partial charge in [-0.15, -0.1) is 0 Å². The fraction of sp³-hybridized carbons (Fsp3) is 0.119. The first kappa shape index (κ1) is 25.3. The second-order valence-corrected chi connectivity index (χ2v) is 26.4. The summed E-state index contributed by atoms with van der Waals surface area (Å²) in [6, 6.07) is 4.75. The molecule has 0 amide bonds. The molecule has 1 fully saturated rings. The third kappa shape index (κ3) is 1.34. The quantitative estimate of drug-likeness (QED) is 0.153. The van der Waals surface area contributed by atoms with Crippen molar-refractivity contribution in [2.45, 2.75) is 34.5 Å². The van der Waals surface area contributed by atoms with Gasteiger partial charge in [-0.2, -0.15) is 0 Å². The van der Waals surface area contributed by atoms with E-state index in [4.69, 9.17) is 0 Å². The lowest BCUT2D eigenvalue weighted by Gasteiger charge is -2.56. The molecule has 2 heterocycles. The molecule has 2 heteroatoms. The van der Waals surface area contributed by atoms with Gasteiger partial charge in [0.15, 0.2) is 0 Å². The van der Waals surface area contributed by atoms with Crippen molar-refractivity contribution < 1.29 is 0 Å². The summed E-state index contributed by atoms with van der Waals surface area (Å²) in [5, 5.41) is 79.0. The third-order valence-corrected chi connectivity index (χ3v) is 26.7. The molecule has 0 radical (unpaired) electrons. The topological polar surface area (TPSA) is 16.1 Å². The van der Waals surface area contributed by atoms with E-state index in [0.717, 1.165) is 13.1 Å². The van der Waals surface area contributed by atoms with Crippen LogP contribution < -0.4 is 4.90 Å². The molecule has 24 aromatic carbocycles. The molecule has 1 aromatic heterocycles. The standard InChI is InChI=1S/C67H12N2/c1-3-68-4-2-7(1)69-5-66-62-54-46-36-26-18-10-8-9-12-16-14(10)22-30-24(16)34-28-20(12)21-13(9)17-15-11(8)19(18)27-33-23(15)31-25(17)35-29(21)39-38(28)48-42(34)52-44(30)50(40(46)32(22)26)58(62)60(52)64-56(48)57-49(39)43(35)53-45(31)51-41(33)47(37(27)36)55(54)63(66)59(51)61(53)65(57)67(64,66)6-69/h1-4,46,54,62,65H,5-6H2. The van der Waals surface area contributed by atoms with Crippen molar-refractivity contribution in [1.82, 2.24) is 4.98 Å². The molecule has 0 bridgehead atoms. The molecule has 0 N–H and O–H groups in total. The molecule has 0 saturated carbocycles. The van der Waals surface area contributed by atoms with E-state index in [0.29, 0.717) is 23.7 Å². The van der Waals surface area contributed by atoms with Crippen LogP contribution in [-0.4, -0.2) is 18.1 Å². The number of benzene rings is 15. The Hall–Kier alpha value is -8.07. The van der Waals surface area contributed by atoms with Crippen LogP contribution in [0.1, 0.15) is 68.2 Å². The Bertz CT molecular complexity index is 7130. The van der Waals surface area contributed by atoms with Crippen molar-refractivity contribution in [2.24, 2.45) is 0 Å². The van der Waals surface area contributed by atoms with E-state index in [2.05, 4.69) is 34.4 Å². The second kappa shape index (κ2) is 5.71. The van der Waals surface area contributed by atoms with Gasteiger partial charge in [-0.3, -0.25) is 4.98 Å². The maximum absolute atomic E-state index is 4.67. The van der Waals surface area contributed by atoms with E-state index in [-0.39, 0.29) is 10.8 Å². The summed E-state index contributed by atoms with van der Waals surface area (Å²) >= 11 is 0. The van der Waals surface area contributed by atoms with Gasteiger partial charge < -0.3 is 4.90 Å². The van der Waals surface area contributed by atoms with Crippen LogP contribution in [0.3, 0.4) is 0 Å². The lowest BCUT2D eigenvalue weighted by atomic mass is 9.43. The van der Waals surface area contributed by atoms with E-state index in [1.54, 1.807) is 248 Å². The van der Waals surface area contributed by atoms with Crippen LogP contribution in [0.5, 0.6) is 0 Å². The van der Waals surface area contributed by atoms with Gasteiger partial charge in [0.05, 0.1) is 0 Å². The van der Waals surface area contributed by atoms with E-state index < -0.39 is 0 Å². The molecule has 6 unspecified atom stereocenters. The smallest absolute Gasteiger partial charge is 0.0397 e. The molecule has 290 valence electrons. The number of aromatic nitrogens is 1. The van der Waals surface area contributed by atoms with Gasteiger partial charge in [0.25, 0.3) is 0 Å². The van der Waals surface area contributed by atoms with Crippen molar-refractivity contribution in [3.05, 3.63) is 69.0 Å². The van der Waals surface area contributed by atoms with Crippen molar-refractivity contribution >= 4 is 253 Å². The van der Waals surface area contributed by atoms with Crippen LogP contribution >= 0.6 is 0 Å². The predicted molar refractivity (Wildman–Crippen MR) is 284 cm³/mol. The maximum atomic E-state index is 4.67. The largest absolute Gasteiger partial charge is 0.370 e. The molecule has 2 spiro atoms. The zero-order chi connectivity index (χ0) is 40.6. The van der Waals surface area contributed by atoms with Crippen LogP contribution in [0, 0.1) is 0 Å². The predicted octanol–water partition coefficient (Wildman–Crippen LogP) is 16.4. The molecular weight excluding hydrogens is 833 g/mol. The number of pyridine rings is 1. The first-order valence-corrected chi connectivity index (χ1v) is 26.3. The maximum Gasteiger partial charge on any atom is 0.0397 e. The lowest BCUT2D eigenvalue weighted by molar-refractivity contribution is 0.205. The number of anilines is 1. The van der Waals surface area contributed by atoms with Gasteiger partial charge in [-0.25, -0.2) is 0 Å². The Labute approximate surface area is 378 Å². The van der Waals surface area contributed by atoms with E-state index >= 15 is 0 Å². The van der Waals surface area contributed by atoms with Crippen LogP contribution in [-0.2, 0) is 10.8 Å². The second-order valence-electron chi connectivity index (χ2n) is 26.4. The molecule has 25 aromatic rings. The zero-order valence-electron chi connectivity index (χ0n) is 35.4. The Morgan fingerprint density at radius 3 is 1.09 bits per heavy atom. The van der Waals surface area contributed by atoms with Gasteiger partial charge in [0.2, 0.25) is 0 Å². The average molecular weight is 845 g/mol. The Kier molecular flexibility index (Phi) is 2.10. The average Bonchev–Trinajstić information content (AvgIpc) is 4.22. The van der Waals surface area contributed by atoms with Gasteiger partial charge in [-0.1, -0.05) is 0 Å². The molecule has 6 atom stereocenters. The summed E-state index contributed by atoms with van der Waals surface area (Å²) in [5.41, 5.74) is 16.0.